The van der Waals surface area contributed by atoms with Crippen LogP contribution in [0.1, 0.15) is 31.4 Å². The van der Waals surface area contributed by atoms with Crippen LogP contribution in [0.5, 0.6) is 0 Å². The van der Waals surface area contributed by atoms with Crippen molar-refractivity contribution in [2.75, 3.05) is 18.0 Å². The Kier molecular flexibility index (Phi) is 3.46. The van der Waals surface area contributed by atoms with Gasteiger partial charge in [0.05, 0.1) is 6.10 Å². The Hall–Kier alpha value is -0.770. The molecule has 1 aromatic carbocycles. The monoisotopic (exact) mass is 280 g/mol. The Morgan fingerprint density at radius 3 is 2.79 bits per heavy atom. The van der Waals surface area contributed by atoms with E-state index in [1.54, 1.807) is 0 Å². The Balaban J connectivity index is 1.79. The number of hydrogen-bond donors (Lipinski definition) is 2. The molecule has 104 valence electrons. The van der Waals surface area contributed by atoms with Crippen molar-refractivity contribution in [1.29, 1.82) is 0 Å². The molecule has 0 radical (unpaired) electrons. The van der Waals surface area contributed by atoms with E-state index >= 15 is 0 Å². The van der Waals surface area contributed by atoms with Gasteiger partial charge in [0, 0.05) is 35.8 Å². The molecule has 0 aromatic heterocycles. The number of aliphatic hydroxyl groups excluding tert-OH is 1. The third kappa shape index (κ3) is 2.35. The molecule has 3 nitrogen and oxygen atoms in total. The molecule has 0 bridgehead atoms. The molecule has 1 aliphatic carbocycles. The second-order valence-electron chi connectivity index (χ2n) is 5.97. The minimum absolute atomic E-state index is 0.0404. The number of anilines is 1. The maximum Gasteiger partial charge on any atom is 0.0588 e. The lowest BCUT2D eigenvalue weighted by Crippen LogP contribution is -2.24. The molecule has 1 saturated heterocycles. The third-order valence-corrected chi connectivity index (χ3v) is 4.99. The number of hydrogen-bond acceptors (Lipinski definition) is 3. The highest BCUT2D eigenvalue weighted by Crippen LogP contribution is 2.40. The molecule has 3 rings (SSSR count). The standard InChI is InChI=1S/C15H21ClN2O/c1-9(17)12-4-3-11(6-14(12)16)18-7-10-2-5-15(19)13(10)8-18/h3-4,6,9-10,13,15,19H,2,5,7-8,17H2,1H3. The summed E-state index contributed by atoms with van der Waals surface area (Å²) in [6, 6.07) is 6.08. The largest absolute Gasteiger partial charge is 0.393 e. The van der Waals surface area contributed by atoms with Crippen LogP contribution in [0.4, 0.5) is 5.69 Å². The number of nitrogens with zero attached hydrogens (tertiary/aromatic N) is 1. The normalized spacial score (nSPS) is 31.6. The molecule has 0 spiro atoms. The molecule has 1 aliphatic heterocycles. The van der Waals surface area contributed by atoms with Crippen molar-refractivity contribution in [1.82, 2.24) is 0 Å². The lowest BCUT2D eigenvalue weighted by molar-refractivity contribution is 0.133. The van der Waals surface area contributed by atoms with Crippen molar-refractivity contribution in [3.63, 3.8) is 0 Å². The molecule has 4 heteroatoms. The first-order valence-corrected chi connectivity index (χ1v) is 7.42. The van der Waals surface area contributed by atoms with E-state index in [2.05, 4.69) is 11.0 Å². The zero-order valence-corrected chi connectivity index (χ0v) is 12.0. The van der Waals surface area contributed by atoms with E-state index < -0.39 is 0 Å². The number of fused-ring (bicyclic) bond motifs is 1. The predicted molar refractivity (Wildman–Crippen MR) is 78.5 cm³/mol. The van der Waals surface area contributed by atoms with Gasteiger partial charge in [-0.05, 0) is 43.4 Å². The van der Waals surface area contributed by atoms with Crippen molar-refractivity contribution in [3.05, 3.63) is 28.8 Å². The van der Waals surface area contributed by atoms with Crippen molar-refractivity contribution >= 4 is 17.3 Å². The molecule has 1 saturated carbocycles. The number of benzene rings is 1. The maximum atomic E-state index is 9.97. The van der Waals surface area contributed by atoms with Crippen LogP contribution in [0.2, 0.25) is 5.02 Å². The lowest BCUT2D eigenvalue weighted by atomic mass is 10.00. The molecule has 3 N–H and O–H groups in total. The first-order valence-electron chi connectivity index (χ1n) is 7.04. The highest BCUT2D eigenvalue weighted by molar-refractivity contribution is 6.31. The van der Waals surface area contributed by atoms with Crippen molar-refractivity contribution < 1.29 is 5.11 Å². The third-order valence-electron chi connectivity index (χ3n) is 4.66. The molecular weight excluding hydrogens is 260 g/mol. The molecule has 2 fully saturated rings. The first kappa shape index (κ1) is 13.2. The minimum Gasteiger partial charge on any atom is -0.393 e. The van der Waals surface area contributed by atoms with E-state index in [9.17, 15) is 5.11 Å². The molecule has 4 atom stereocenters. The molecular formula is C15H21ClN2O. The first-order chi connectivity index (χ1) is 9.06. The van der Waals surface area contributed by atoms with Crippen molar-refractivity contribution in [2.45, 2.75) is 31.9 Å². The summed E-state index contributed by atoms with van der Waals surface area (Å²) < 4.78 is 0. The summed E-state index contributed by atoms with van der Waals surface area (Å²) in [6.45, 7) is 3.92. The molecule has 19 heavy (non-hydrogen) atoms. The van der Waals surface area contributed by atoms with Gasteiger partial charge in [0.2, 0.25) is 0 Å². The van der Waals surface area contributed by atoms with E-state index in [-0.39, 0.29) is 12.1 Å². The molecule has 2 aliphatic rings. The molecule has 1 heterocycles. The minimum atomic E-state index is -0.117. The average molecular weight is 281 g/mol. The summed E-state index contributed by atoms with van der Waals surface area (Å²) in [5, 5.41) is 10.7. The van der Waals surface area contributed by atoms with Crippen LogP contribution >= 0.6 is 11.6 Å². The van der Waals surface area contributed by atoms with E-state index in [1.807, 2.05) is 19.1 Å². The van der Waals surface area contributed by atoms with Gasteiger partial charge in [0.25, 0.3) is 0 Å². The lowest BCUT2D eigenvalue weighted by Gasteiger charge is -2.22. The second kappa shape index (κ2) is 4.97. The summed E-state index contributed by atoms with van der Waals surface area (Å²) in [5.74, 6) is 1.08. The summed E-state index contributed by atoms with van der Waals surface area (Å²) in [5.41, 5.74) is 8.02. The predicted octanol–water partition coefficient (Wildman–Crippen LogP) is 2.57. The molecule has 1 aromatic rings. The topological polar surface area (TPSA) is 49.5 Å². The fourth-order valence-electron chi connectivity index (χ4n) is 3.53. The highest BCUT2D eigenvalue weighted by Gasteiger charge is 2.41. The van der Waals surface area contributed by atoms with Gasteiger partial charge >= 0.3 is 0 Å². The van der Waals surface area contributed by atoms with Crippen LogP contribution < -0.4 is 10.6 Å². The Morgan fingerprint density at radius 2 is 2.16 bits per heavy atom. The average Bonchev–Trinajstić information content (AvgIpc) is 2.91. The van der Waals surface area contributed by atoms with Crippen molar-refractivity contribution in [2.24, 2.45) is 17.6 Å². The fraction of sp³-hybridized carbons (Fsp3) is 0.600. The van der Waals surface area contributed by atoms with Crippen LogP contribution in [-0.2, 0) is 0 Å². The summed E-state index contributed by atoms with van der Waals surface area (Å²) in [7, 11) is 0. The van der Waals surface area contributed by atoms with Crippen LogP contribution in [0.3, 0.4) is 0 Å². The van der Waals surface area contributed by atoms with Gasteiger partial charge in [0.1, 0.15) is 0 Å². The maximum absolute atomic E-state index is 9.97. The van der Waals surface area contributed by atoms with Crippen LogP contribution in [0.25, 0.3) is 0 Å². The summed E-state index contributed by atoms with van der Waals surface area (Å²) in [4.78, 5) is 2.34. The van der Waals surface area contributed by atoms with Gasteiger partial charge < -0.3 is 15.7 Å². The van der Waals surface area contributed by atoms with Crippen LogP contribution in [-0.4, -0.2) is 24.3 Å². The number of rotatable bonds is 2. The van der Waals surface area contributed by atoms with Gasteiger partial charge in [-0.1, -0.05) is 17.7 Å². The van der Waals surface area contributed by atoms with E-state index in [0.717, 1.165) is 42.2 Å². The van der Waals surface area contributed by atoms with Gasteiger partial charge in [-0.25, -0.2) is 0 Å². The highest BCUT2D eigenvalue weighted by atomic mass is 35.5. The molecule has 4 unspecified atom stereocenters. The van der Waals surface area contributed by atoms with Gasteiger partial charge in [-0.15, -0.1) is 0 Å². The quantitative estimate of drug-likeness (QED) is 0.875. The Labute approximate surface area is 119 Å². The SMILES string of the molecule is CC(N)c1ccc(N2CC3CCC(O)C3C2)cc1Cl. The Morgan fingerprint density at radius 1 is 1.37 bits per heavy atom. The van der Waals surface area contributed by atoms with E-state index in [1.165, 1.54) is 0 Å². The van der Waals surface area contributed by atoms with E-state index in [4.69, 9.17) is 17.3 Å². The van der Waals surface area contributed by atoms with Crippen LogP contribution in [0.15, 0.2) is 18.2 Å². The van der Waals surface area contributed by atoms with Gasteiger partial charge in [-0.3, -0.25) is 0 Å². The number of aliphatic hydroxyl groups is 1. The fourth-order valence-corrected chi connectivity index (χ4v) is 3.88. The smallest absolute Gasteiger partial charge is 0.0588 e. The number of halogens is 1. The Bertz CT molecular complexity index is 477. The van der Waals surface area contributed by atoms with Crippen molar-refractivity contribution in [3.8, 4) is 0 Å². The molecule has 0 amide bonds. The summed E-state index contributed by atoms with van der Waals surface area (Å²) >= 11 is 6.30. The zero-order valence-electron chi connectivity index (χ0n) is 11.2. The number of nitrogens with two attached hydrogens (primary N) is 1. The van der Waals surface area contributed by atoms with Gasteiger partial charge in [0.15, 0.2) is 0 Å². The van der Waals surface area contributed by atoms with E-state index in [0.29, 0.717) is 11.8 Å². The van der Waals surface area contributed by atoms with Crippen LogP contribution in [0, 0.1) is 11.8 Å². The zero-order chi connectivity index (χ0) is 13.6. The second-order valence-corrected chi connectivity index (χ2v) is 6.38. The van der Waals surface area contributed by atoms with Gasteiger partial charge in [-0.2, -0.15) is 0 Å². The summed E-state index contributed by atoms with van der Waals surface area (Å²) in [6.07, 6.45) is 2.00.